The van der Waals surface area contributed by atoms with Crippen LogP contribution < -0.4 is 15.2 Å². The topological polar surface area (TPSA) is 44.5 Å². The van der Waals surface area contributed by atoms with Crippen LogP contribution in [0.1, 0.15) is 31.7 Å². The molecule has 0 saturated heterocycles. The normalized spacial score (nSPS) is 28.1. The van der Waals surface area contributed by atoms with Crippen molar-refractivity contribution in [2.45, 2.75) is 31.7 Å². The summed E-state index contributed by atoms with van der Waals surface area (Å²) in [4.78, 5) is 0. The first-order valence-electron chi connectivity index (χ1n) is 6.10. The molecule has 2 atom stereocenters. The molecule has 3 heteroatoms. The van der Waals surface area contributed by atoms with Crippen LogP contribution in [-0.4, -0.2) is 14.2 Å². The molecule has 1 aliphatic carbocycles. The molecule has 3 nitrogen and oxygen atoms in total. The maximum Gasteiger partial charge on any atom is 0.122 e. The summed E-state index contributed by atoms with van der Waals surface area (Å²) in [5, 5.41) is 0. The average molecular weight is 235 g/mol. The van der Waals surface area contributed by atoms with Crippen molar-refractivity contribution in [1.82, 2.24) is 0 Å². The van der Waals surface area contributed by atoms with Gasteiger partial charge in [0.15, 0.2) is 0 Å². The second-order valence-electron chi connectivity index (χ2n) is 5.11. The fraction of sp³-hybridized carbons (Fsp3) is 0.571. The van der Waals surface area contributed by atoms with Crippen LogP contribution in [0.2, 0.25) is 0 Å². The molecule has 94 valence electrons. The number of ether oxygens (including phenoxy) is 2. The third-order valence-corrected chi connectivity index (χ3v) is 3.72. The third kappa shape index (κ3) is 2.39. The molecule has 1 aromatic rings. The van der Waals surface area contributed by atoms with Gasteiger partial charge in [0.2, 0.25) is 0 Å². The van der Waals surface area contributed by atoms with Crippen LogP contribution in [0, 0.1) is 5.92 Å². The number of methoxy groups -OCH3 is 2. The minimum absolute atomic E-state index is 0.221. The molecule has 2 N–H and O–H groups in total. The van der Waals surface area contributed by atoms with Gasteiger partial charge < -0.3 is 15.2 Å². The fourth-order valence-corrected chi connectivity index (χ4v) is 2.69. The van der Waals surface area contributed by atoms with Gasteiger partial charge in [-0.1, -0.05) is 6.92 Å². The Morgan fingerprint density at radius 2 is 1.76 bits per heavy atom. The Bertz CT molecular complexity index is 383. The maximum absolute atomic E-state index is 6.51. The van der Waals surface area contributed by atoms with Crippen LogP contribution in [-0.2, 0) is 5.54 Å². The summed E-state index contributed by atoms with van der Waals surface area (Å²) in [5.74, 6) is 2.31. The lowest BCUT2D eigenvalue weighted by Gasteiger charge is -2.25. The molecule has 0 heterocycles. The van der Waals surface area contributed by atoms with Crippen LogP contribution >= 0.6 is 0 Å². The van der Waals surface area contributed by atoms with Crippen molar-refractivity contribution in [2.24, 2.45) is 11.7 Å². The van der Waals surface area contributed by atoms with E-state index in [1.807, 2.05) is 18.2 Å². The standard InChI is InChI=1S/C14H21NO2/c1-10-4-5-14(15,9-10)11-6-12(16-2)8-13(7-11)17-3/h6-8,10H,4-5,9,15H2,1-3H3. The Labute approximate surface area is 103 Å². The molecular weight excluding hydrogens is 214 g/mol. The van der Waals surface area contributed by atoms with Gasteiger partial charge in [0.1, 0.15) is 11.5 Å². The molecule has 1 aliphatic rings. The van der Waals surface area contributed by atoms with Crippen molar-refractivity contribution >= 4 is 0 Å². The third-order valence-electron chi connectivity index (χ3n) is 3.72. The molecule has 1 saturated carbocycles. The largest absolute Gasteiger partial charge is 0.497 e. The zero-order valence-electron chi connectivity index (χ0n) is 10.8. The van der Waals surface area contributed by atoms with E-state index >= 15 is 0 Å². The lowest BCUT2D eigenvalue weighted by Crippen LogP contribution is -2.33. The Balaban J connectivity index is 2.37. The van der Waals surface area contributed by atoms with E-state index in [9.17, 15) is 0 Å². The second-order valence-corrected chi connectivity index (χ2v) is 5.11. The summed E-state index contributed by atoms with van der Waals surface area (Å²) in [7, 11) is 3.33. The van der Waals surface area contributed by atoms with Crippen molar-refractivity contribution in [3.63, 3.8) is 0 Å². The van der Waals surface area contributed by atoms with Crippen molar-refractivity contribution in [1.29, 1.82) is 0 Å². The van der Waals surface area contributed by atoms with E-state index in [4.69, 9.17) is 15.2 Å². The summed E-state index contributed by atoms with van der Waals surface area (Å²) in [6.07, 6.45) is 3.25. The predicted molar refractivity (Wildman–Crippen MR) is 68.4 cm³/mol. The first kappa shape index (κ1) is 12.2. The van der Waals surface area contributed by atoms with Crippen molar-refractivity contribution < 1.29 is 9.47 Å². The van der Waals surface area contributed by atoms with Gasteiger partial charge in [-0.25, -0.2) is 0 Å². The van der Waals surface area contributed by atoms with E-state index in [1.165, 1.54) is 6.42 Å². The molecule has 2 rings (SSSR count). The van der Waals surface area contributed by atoms with Gasteiger partial charge in [0, 0.05) is 11.6 Å². The van der Waals surface area contributed by atoms with Crippen LogP contribution in [0.25, 0.3) is 0 Å². The summed E-state index contributed by atoms with van der Waals surface area (Å²) in [5.41, 5.74) is 7.41. The quantitative estimate of drug-likeness (QED) is 0.876. The molecule has 0 radical (unpaired) electrons. The van der Waals surface area contributed by atoms with Crippen LogP contribution in [0.5, 0.6) is 11.5 Å². The lowest BCUT2D eigenvalue weighted by atomic mass is 9.88. The summed E-state index contributed by atoms with van der Waals surface area (Å²) >= 11 is 0. The van der Waals surface area contributed by atoms with Gasteiger partial charge in [-0.3, -0.25) is 0 Å². The highest BCUT2D eigenvalue weighted by Crippen LogP contribution is 2.41. The Morgan fingerprint density at radius 1 is 1.18 bits per heavy atom. The van der Waals surface area contributed by atoms with Crippen molar-refractivity contribution in [3.05, 3.63) is 23.8 Å². The molecular formula is C14H21NO2. The zero-order chi connectivity index (χ0) is 12.5. The Morgan fingerprint density at radius 3 is 2.18 bits per heavy atom. The minimum Gasteiger partial charge on any atom is -0.497 e. The molecule has 1 aromatic carbocycles. The number of hydrogen-bond donors (Lipinski definition) is 1. The zero-order valence-corrected chi connectivity index (χ0v) is 10.8. The SMILES string of the molecule is COc1cc(OC)cc(C2(N)CCC(C)C2)c1. The first-order chi connectivity index (χ1) is 8.07. The minimum atomic E-state index is -0.221. The van der Waals surface area contributed by atoms with Crippen molar-refractivity contribution in [2.75, 3.05) is 14.2 Å². The van der Waals surface area contributed by atoms with Gasteiger partial charge in [0.05, 0.1) is 14.2 Å². The van der Waals surface area contributed by atoms with E-state index in [0.29, 0.717) is 5.92 Å². The Hall–Kier alpha value is -1.22. The monoisotopic (exact) mass is 235 g/mol. The second kappa shape index (κ2) is 4.57. The molecule has 0 spiro atoms. The number of nitrogens with two attached hydrogens (primary N) is 1. The maximum atomic E-state index is 6.51. The summed E-state index contributed by atoms with van der Waals surface area (Å²) < 4.78 is 10.6. The molecule has 17 heavy (non-hydrogen) atoms. The fourth-order valence-electron chi connectivity index (χ4n) is 2.69. The van der Waals surface area contributed by atoms with Crippen LogP contribution in [0.4, 0.5) is 0 Å². The molecule has 1 fully saturated rings. The van der Waals surface area contributed by atoms with Crippen LogP contribution in [0.3, 0.4) is 0 Å². The average Bonchev–Trinajstić information content (AvgIpc) is 2.70. The smallest absolute Gasteiger partial charge is 0.122 e. The van der Waals surface area contributed by atoms with E-state index in [0.717, 1.165) is 29.9 Å². The van der Waals surface area contributed by atoms with Gasteiger partial charge in [0.25, 0.3) is 0 Å². The summed E-state index contributed by atoms with van der Waals surface area (Å²) in [6.45, 7) is 2.26. The summed E-state index contributed by atoms with van der Waals surface area (Å²) in [6, 6.07) is 5.94. The van der Waals surface area contributed by atoms with E-state index in [1.54, 1.807) is 14.2 Å². The Kier molecular flexibility index (Phi) is 3.29. The molecule has 0 bridgehead atoms. The van der Waals surface area contributed by atoms with E-state index < -0.39 is 0 Å². The highest BCUT2D eigenvalue weighted by molar-refractivity contribution is 5.42. The van der Waals surface area contributed by atoms with Crippen LogP contribution in [0.15, 0.2) is 18.2 Å². The highest BCUT2D eigenvalue weighted by Gasteiger charge is 2.35. The van der Waals surface area contributed by atoms with Gasteiger partial charge >= 0.3 is 0 Å². The van der Waals surface area contributed by atoms with Gasteiger partial charge in [-0.15, -0.1) is 0 Å². The first-order valence-corrected chi connectivity index (χ1v) is 6.10. The van der Waals surface area contributed by atoms with Crippen molar-refractivity contribution in [3.8, 4) is 11.5 Å². The molecule has 2 unspecified atom stereocenters. The number of rotatable bonds is 3. The number of hydrogen-bond acceptors (Lipinski definition) is 3. The predicted octanol–water partition coefficient (Wildman–Crippen LogP) is 2.68. The lowest BCUT2D eigenvalue weighted by molar-refractivity contribution is 0.384. The van der Waals surface area contributed by atoms with E-state index in [-0.39, 0.29) is 5.54 Å². The molecule has 0 aromatic heterocycles. The molecule has 0 amide bonds. The highest BCUT2D eigenvalue weighted by atomic mass is 16.5. The molecule has 0 aliphatic heterocycles. The van der Waals surface area contributed by atoms with E-state index in [2.05, 4.69) is 6.92 Å². The van der Waals surface area contributed by atoms with Gasteiger partial charge in [-0.05, 0) is 42.9 Å². The number of benzene rings is 1. The van der Waals surface area contributed by atoms with Gasteiger partial charge in [-0.2, -0.15) is 0 Å².